The first-order chi connectivity index (χ1) is 10.8. The van der Waals surface area contributed by atoms with E-state index in [1.807, 2.05) is 6.92 Å². The fourth-order valence-electron chi connectivity index (χ4n) is 1.87. The van der Waals surface area contributed by atoms with Crippen LogP contribution in [0, 0.1) is 13.8 Å². The molecule has 1 aromatic carbocycles. The summed E-state index contributed by atoms with van der Waals surface area (Å²) in [6, 6.07) is 4.60. The van der Waals surface area contributed by atoms with E-state index in [9.17, 15) is 26.4 Å². The third-order valence-corrected chi connectivity index (χ3v) is 5.50. The SMILES string of the molecule is Cc1ccc(S(=O)(=O)N(C)CC(=O)N(C)CCC(F)(F)F)cc1C. The van der Waals surface area contributed by atoms with Gasteiger partial charge in [0.1, 0.15) is 0 Å². The van der Waals surface area contributed by atoms with Crippen molar-refractivity contribution in [3.8, 4) is 0 Å². The minimum absolute atomic E-state index is 0.0406. The average molecular weight is 366 g/mol. The highest BCUT2D eigenvalue weighted by Crippen LogP contribution is 2.20. The Morgan fingerprint density at radius 3 is 2.21 bits per heavy atom. The Morgan fingerprint density at radius 2 is 1.71 bits per heavy atom. The molecule has 0 aliphatic carbocycles. The van der Waals surface area contributed by atoms with Gasteiger partial charge in [0.05, 0.1) is 17.9 Å². The van der Waals surface area contributed by atoms with Crippen LogP contribution in [0.1, 0.15) is 17.5 Å². The first kappa shape index (κ1) is 20.4. The Kier molecular flexibility index (Phi) is 6.40. The number of rotatable bonds is 6. The van der Waals surface area contributed by atoms with Gasteiger partial charge in [-0.1, -0.05) is 6.07 Å². The second-order valence-electron chi connectivity index (χ2n) is 5.69. The molecule has 0 spiro atoms. The summed E-state index contributed by atoms with van der Waals surface area (Å²) in [4.78, 5) is 12.8. The van der Waals surface area contributed by atoms with Gasteiger partial charge in [-0.15, -0.1) is 0 Å². The summed E-state index contributed by atoms with van der Waals surface area (Å²) in [5.41, 5.74) is 1.72. The molecule has 1 aromatic rings. The van der Waals surface area contributed by atoms with E-state index < -0.39 is 41.6 Å². The van der Waals surface area contributed by atoms with Crippen molar-refractivity contribution in [3.63, 3.8) is 0 Å². The van der Waals surface area contributed by atoms with Gasteiger partial charge < -0.3 is 4.90 Å². The number of benzene rings is 1. The quantitative estimate of drug-likeness (QED) is 0.776. The number of amides is 1. The van der Waals surface area contributed by atoms with Gasteiger partial charge in [-0.05, 0) is 37.1 Å². The van der Waals surface area contributed by atoms with Crippen LogP contribution in [0.3, 0.4) is 0 Å². The summed E-state index contributed by atoms with van der Waals surface area (Å²) in [5, 5.41) is 0. The standard InChI is InChI=1S/C15H21F3N2O3S/c1-11-5-6-13(9-12(11)2)24(22,23)20(4)10-14(21)19(3)8-7-15(16,17)18/h5-6,9H,7-8,10H2,1-4H3. The van der Waals surface area contributed by atoms with Gasteiger partial charge in [0, 0.05) is 20.6 Å². The Balaban J connectivity index is 2.79. The van der Waals surface area contributed by atoms with Crippen LogP contribution in [-0.2, 0) is 14.8 Å². The van der Waals surface area contributed by atoms with Crippen molar-refractivity contribution >= 4 is 15.9 Å². The molecule has 24 heavy (non-hydrogen) atoms. The number of likely N-dealkylation sites (N-methyl/N-ethyl adjacent to an activating group) is 2. The summed E-state index contributed by atoms with van der Waals surface area (Å²) in [6.45, 7) is 2.57. The molecule has 0 aliphatic rings. The van der Waals surface area contributed by atoms with E-state index in [1.165, 1.54) is 26.2 Å². The van der Waals surface area contributed by atoms with Crippen molar-refractivity contribution in [3.05, 3.63) is 29.3 Å². The molecule has 0 saturated heterocycles. The van der Waals surface area contributed by atoms with Crippen LogP contribution in [0.15, 0.2) is 23.1 Å². The van der Waals surface area contributed by atoms with Gasteiger partial charge >= 0.3 is 6.18 Å². The van der Waals surface area contributed by atoms with Crippen LogP contribution in [-0.4, -0.2) is 56.9 Å². The molecule has 0 saturated carbocycles. The molecular weight excluding hydrogens is 345 g/mol. The largest absolute Gasteiger partial charge is 0.390 e. The number of sulfonamides is 1. The predicted octanol–water partition coefficient (Wildman–Crippen LogP) is 2.33. The van der Waals surface area contributed by atoms with E-state index in [2.05, 4.69) is 0 Å². The second-order valence-corrected chi connectivity index (χ2v) is 7.73. The van der Waals surface area contributed by atoms with Crippen molar-refractivity contribution in [2.24, 2.45) is 0 Å². The summed E-state index contributed by atoms with van der Waals surface area (Å²) < 4.78 is 62.3. The maximum atomic E-state index is 12.4. The minimum Gasteiger partial charge on any atom is -0.344 e. The molecular formula is C15H21F3N2O3S. The third kappa shape index (κ3) is 5.48. The lowest BCUT2D eigenvalue weighted by Crippen LogP contribution is -2.40. The number of alkyl halides is 3. The van der Waals surface area contributed by atoms with Crippen LogP contribution in [0.5, 0.6) is 0 Å². The number of hydrogen-bond donors (Lipinski definition) is 0. The molecule has 9 heteroatoms. The molecule has 0 heterocycles. The lowest BCUT2D eigenvalue weighted by Gasteiger charge is -2.22. The van der Waals surface area contributed by atoms with Crippen molar-refractivity contribution in [1.82, 2.24) is 9.21 Å². The zero-order chi connectivity index (χ0) is 18.7. The molecule has 1 amide bonds. The number of halogens is 3. The molecule has 0 N–H and O–H groups in total. The fourth-order valence-corrected chi connectivity index (χ4v) is 3.08. The maximum Gasteiger partial charge on any atom is 0.390 e. The van der Waals surface area contributed by atoms with Crippen LogP contribution in [0.25, 0.3) is 0 Å². The van der Waals surface area contributed by atoms with E-state index in [0.29, 0.717) is 0 Å². The first-order valence-electron chi connectivity index (χ1n) is 7.19. The highest BCUT2D eigenvalue weighted by Gasteiger charge is 2.29. The summed E-state index contributed by atoms with van der Waals surface area (Å²) >= 11 is 0. The molecule has 0 radical (unpaired) electrons. The van der Waals surface area contributed by atoms with Crippen LogP contribution in [0.4, 0.5) is 13.2 Å². The van der Waals surface area contributed by atoms with Gasteiger partial charge in [0.15, 0.2) is 0 Å². The highest BCUT2D eigenvalue weighted by atomic mass is 32.2. The first-order valence-corrected chi connectivity index (χ1v) is 8.63. The van der Waals surface area contributed by atoms with Gasteiger partial charge in [-0.25, -0.2) is 8.42 Å². The maximum absolute atomic E-state index is 12.4. The second kappa shape index (κ2) is 7.52. The summed E-state index contributed by atoms with van der Waals surface area (Å²) in [6.07, 6.45) is -5.51. The van der Waals surface area contributed by atoms with Crippen LogP contribution in [0.2, 0.25) is 0 Å². The van der Waals surface area contributed by atoms with Gasteiger partial charge in [0.25, 0.3) is 0 Å². The molecule has 0 fully saturated rings. The lowest BCUT2D eigenvalue weighted by atomic mass is 10.1. The van der Waals surface area contributed by atoms with Crippen molar-refractivity contribution in [2.45, 2.75) is 31.3 Å². The molecule has 0 unspecified atom stereocenters. The van der Waals surface area contributed by atoms with Crippen molar-refractivity contribution in [1.29, 1.82) is 0 Å². The fraction of sp³-hybridized carbons (Fsp3) is 0.533. The predicted molar refractivity (Wildman–Crippen MR) is 84.0 cm³/mol. The summed E-state index contributed by atoms with van der Waals surface area (Å²) in [5.74, 6) is -0.700. The average Bonchev–Trinajstić information content (AvgIpc) is 2.46. The zero-order valence-corrected chi connectivity index (χ0v) is 14.8. The monoisotopic (exact) mass is 366 g/mol. The van der Waals surface area contributed by atoms with Crippen molar-refractivity contribution < 1.29 is 26.4 Å². The van der Waals surface area contributed by atoms with Gasteiger partial charge in [-0.3, -0.25) is 4.79 Å². The lowest BCUT2D eigenvalue weighted by molar-refractivity contribution is -0.144. The normalized spacial score (nSPS) is 12.5. The number of carbonyl (C=O) groups excluding carboxylic acids is 1. The topological polar surface area (TPSA) is 57.7 Å². The Hall–Kier alpha value is -1.61. The third-order valence-electron chi connectivity index (χ3n) is 3.70. The number of aryl methyl sites for hydroxylation is 2. The van der Waals surface area contributed by atoms with Crippen LogP contribution >= 0.6 is 0 Å². The summed E-state index contributed by atoms with van der Waals surface area (Å²) in [7, 11) is -1.45. The molecule has 1 rings (SSSR count). The minimum atomic E-state index is -4.37. The van der Waals surface area contributed by atoms with E-state index in [0.717, 1.165) is 20.3 Å². The molecule has 5 nitrogen and oxygen atoms in total. The molecule has 0 bridgehead atoms. The van der Waals surface area contributed by atoms with E-state index >= 15 is 0 Å². The Labute approximate surface area is 140 Å². The molecule has 0 aromatic heterocycles. The highest BCUT2D eigenvalue weighted by molar-refractivity contribution is 7.89. The number of nitrogens with zero attached hydrogens (tertiary/aromatic N) is 2. The van der Waals surface area contributed by atoms with E-state index in [1.54, 1.807) is 13.0 Å². The number of hydrogen-bond acceptors (Lipinski definition) is 3. The van der Waals surface area contributed by atoms with E-state index in [4.69, 9.17) is 0 Å². The van der Waals surface area contributed by atoms with Gasteiger partial charge in [-0.2, -0.15) is 17.5 Å². The zero-order valence-electron chi connectivity index (χ0n) is 14.0. The Morgan fingerprint density at radius 1 is 1.12 bits per heavy atom. The molecule has 136 valence electrons. The smallest absolute Gasteiger partial charge is 0.344 e. The van der Waals surface area contributed by atoms with Crippen molar-refractivity contribution in [2.75, 3.05) is 27.2 Å². The van der Waals surface area contributed by atoms with E-state index in [-0.39, 0.29) is 4.90 Å². The molecule has 0 aliphatic heterocycles. The van der Waals surface area contributed by atoms with Gasteiger partial charge in [0.2, 0.25) is 15.9 Å². The van der Waals surface area contributed by atoms with Crippen LogP contribution < -0.4 is 0 Å². The molecule has 0 atom stereocenters. The Bertz CT molecular complexity index is 702. The number of carbonyl (C=O) groups is 1.